The molecule has 0 spiro atoms. The number of amides is 1. The van der Waals surface area contributed by atoms with Crippen LogP contribution in [0.25, 0.3) is 11.3 Å². The van der Waals surface area contributed by atoms with Crippen LogP contribution in [0.2, 0.25) is 0 Å². The first-order valence-corrected chi connectivity index (χ1v) is 12.0. The monoisotopic (exact) mass is 487 g/mol. The van der Waals surface area contributed by atoms with Crippen molar-refractivity contribution in [3.8, 4) is 0 Å². The molecule has 36 heavy (non-hydrogen) atoms. The molecule has 0 radical (unpaired) electrons. The van der Waals surface area contributed by atoms with Gasteiger partial charge in [-0.1, -0.05) is 37.3 Å². The molecule has 3 aromatic carbocycles. The molecule has 0 aromatic heterocycles. The Hall–Kier alpha value is -3.97. The van der Waals surface area contributed by atoms with Crippen LogP contribution in [-0.2, 0) is 22.6 Å². The quantitative estimate of drug-likeness (QED) is 0.324. The Morgan fingerprint density at radius 2 is 1.83 bits per heavy atom. The number of carbonyl (C=O) groups excluding carboxylic acids is 1. The van der Waals surface area contributed by atoms with E-state index in [1.165, 1.54) is 17.7 Å². The van der Waals surface area contributed by atoms with Gasteiger partial charge in [0.25, 0.3) is 5.91 Å². The molecule has 0 saturated heterocycles. The number of nitrogens with zero attached hydrogens (tertiary/aromatic N) is 1. The van der Waals surface area contributed by atoms with E-state index in [1.54, 1.807) is 6.07 Å². The second-order valence-electron chi connectivity index (χ2n) is 9.05. The molecule has 186 valence electrons. The predicted octanol–water partition coefficient (Wildman–Crippen LogP) is 5.62. The molecular formula is C29H30FN3O3. The topological polar surface area (TPSA) is 81.7 Å². The lowest BCUT2D eigenvalue weighted by Crippen LogP contribution is -2.18. The first-order valence-electron chi connectivity index (χ1n) is 12.0. The van der Waals surface area contributed by atoms with Crippen molar-refractivity contribution in [2.45, 2.75) is 32.7 Å². The summed E-state index contributed by atoms with van der Waals surface area (Å²) in [6, 6.07) is 19.8. The Balaban J connectivity index is 1.73. The molecule has 3 aromatic rings. The van der Waals surface area contributed by atoms with Gasteiger partial charge >= 0.3 is 5.97 Å². The zero-order valence-corrected chi connectivity index (χ0v) is 20.5. The summed E-state index contributed by atoms with van der Waals surface area (Å²) in [6.07, 6.45) is 1.48. The zero-order chi connectivity index (χ0) is 25.7. The van der Waals surface area contributed by atoms with Crippen molar-refractivity contribution in [3.05, 3.63) is 94.8 Å². The van der Waals surface area contributed by atoms with Crippen molar-refractivity contribution in [2.24, 2.45) is 0 Å². The molecule has 0 aliphatic carbocycles. The normalized spacial score (nSPS) is 13.9. The number of hydrogen-bond donors (Lipinski definition) is 3. The third-order valence-electron chi connectivity index (χ3n) is 6.10. The fourth-order valence-electron chi connectivity index (χ4n) is 4.42. The van der Waals surface area contributed by atoms with Crippen molar-refractivity contribution < 1.29 is 19.1 Å². The van der Waals surface area contributed by atoms with Crippen LogP contribution in [0.3, 0.4) is 0 Å². The summed E-state index contributed by atoms with van der Waals surface area (Å²) in [5.74, 6) is -1.62. The van der Waals surface area contributed by atoms with Gasteiger partial charge in [0.05, 0.1) is 17.0 Å². The number of nitrogens with one attached hydrogen (secondary N) is 2. The van der Waals surface area contributed by atoms with Gasteiger partial charge < -0.3 is 20.6 Å². The number of aliphatic carboxylic acids is 1. The van der Waals surface area contributed by atoms with Gasteiger partial charge in [0.2, 0.25) is 0 Å². The maximum absolute atomic E-state index is 13.8. The second-order valence-corrected chi connectivity index (χ2v) is 9.05. The number of rotatable bonds is 10. The van der Waals surface area contributed by atoms with Crippen LogP contribution in [0.5, 0.6) is 0 Å². The van der Waals surface area contributed by atoms with E-state index in [4.69, 9.17) is 5.11 Å². The number of anilines is 2. The minimum absolute atomic E-state index is 0.0132. The van der Waals surface area contributed by atoms with Crippen LogP contribution in [0.1, 0.15) is 42.0 Å². The van der Waals surface area contributed by atoms with Crippen molar-refractivity contribution in [3.63, 3.8) is 0 Å². The Morgan fingerprint density at radius 3 is 2.56 bits per heavy atom. The van der Waals surface area contributed by atoms with Gasteiger partial charge in [-0.25, -0.2) is 4.39 Å². The summed E-state index contributed by atoms with van der Waals surface area (Å²) in [6.45, 7) is 4.01. The smallest absolute Gasteiger partial charge is 0.303 e. The molecular weight excluding hydrogens is 457 g/mol. The van der Waals surface area contributed by atoms with E-state index in [0.29, 0.717) is 28.9 Å². The summed E-state index contributed by atoms with van der Waals surface area (Å²) in [7, 11) is 2.09. The van der Waals surface area contributed by atoms with Crippen LogP contribution in [0, 0.1) is 5.82 Å². The zero-order valence-electron chi connectivity index (χ0n) is 20.5. The molecule has 3 N–H and O–H groups in total. The van der Waals surface area contributed by atoms with Gasteiger partial charge in [-0.15, -0.1) is 0 Å². The molecule has 4 rings (SSSR count). The standard InChI is InChI=1S/C29H30FN3O3/c1-3-15-33(2)18-20-7-11-23(12-8-20)31-28(21-6-4-5-19(16-21)9-14-26(34)35)27-24-13-10-22(30)17-25(24)32-29(27)36/h4-8,10-13,16-17,31H,3,9,14-15,18H2,1-2H3,(H,32,36)(H,34,35)/b28-27-. The number of hydrogen-bond acceptors (Lipinski definition) is 4. The van der Waals surface area contributed by atoms with Gasteiger partial charge in [-0.05, 0) is 79.5 Å². The number of fused-ring (bicyclic) bond motifs is 1. The predicted molar refractivity (Wildman–Crippen MR) is 141 cm³/mol. The van der Waals surface area contributed by atoms with E-state index < -0.39 is 11.8 Å². The SMILES string of the molecule is CCCN(C)Cc1ccc(N/C(=C2\C(=O)Nc3cc(F)ccc32)c2cccc(CCC(=O)O)c2)cc1. The highest BCUT2D eigenvalue weighted by Crippen LogP contribution is 2.38. The molecule has 0 fully saturated rings. The molecule has 1 aliphatic heterocycles. The number of carbonyl (C=O) groups is 2. The fourth-order valence-corrected chi connectivity index (χ4v) is 4.42. The number of carboxylic acid groups (broad SMARTS) is 1. The molecule has 1 heterocycles. The Morgan fingerprint density at radius 1 is 1.06 bits per heavy atom. The summed E-state index contributed by atoms with van der Waals surface area (Å²) < 4.78 is 13.8. The van der Waals surface area contributed by atoms with Crippen LogP contribution in [-0.4, -0.2) is 35.5 Å². The largest absolute Gasteiger partial charge is 0.481 e. The van der Waals surface area contributed by atoms with Crippen LogP contribution in [0.4, 0.5) is 15.8 Å². The number of carboxylic acids is 1. The Bertz CT molecular complexity index is 1300. The van der Waals surface area contributed by atoms with E-state index in [-0.39, 0.29) is 12.3 Å². The molecule has 6 nitrogen and oxygen atoms in total. The average molecular weight is 488 g/mol. The van der Waals surface area contributed by atoms with Gasteiger partial charge in [-0.2, -0.15) is 0 Å². The molecule has 0 bridgehead atoms. The molecule has 1 amide bonds. The van der Waals surface area contributed by atoms with E-state index in [0.717, 1.165) is 36.3 Å². The van der Waals surface area contributed by atoms with Crippen LogP contribution in [0.15, 0.2) is 66.7 Å². The molecule has 0 atom stereocenters. The third kappa shape index (κ3) is 5.98. The first kappa shape index (κ1) is 25.1. The van der Waals surface area contributed by atoms with Crippen molar-refractivity contribution >= 4 is 34.5 Å². The first-order chi connectivity index (χ1) is 17.3. The lowest BCUT2D eigenvalue weighted by molar-refractivity contribution is -0.137. The molecule has 0 saturated carbocycles. The van der Waals surface area contributed by atoms with E-state index >= 15 is 0 Å². The second kappa shape index (κ2) is 11.2. The maximum Gasteiger partial charge on any atom is 0.303 e. The summed E-state index contributed by atoms with van der Waals surface area (Å²) in [4.78, 5) is 26.4. The van der Waals surface area contributed by atoms with Crippen molar-refractivity contribution in [2.75, 3.05) is 24.2 Å². The summed E-state index contributed by atoms with van der Waals surface area (Å²) in [5.41, 5.74) is 5.59. The average Bonchev–Trinajstić information content (AvgIpc) is 3.17. The highest BCUT2D eigenvalue weighted by molar-refractivity contribution is 6.37. The molecule has 0 unspecified atom stereocenters. The van der Waals surface area contributed by atoms with Crippen LogP contribution >= 0.6 is 0 Å². The van der Waals surface area contributed by atoms with E-state index in [1.807, 2.05) is 36.4 Å². The lowest BCUT2D eigenvalue weighted by Gasteiger charge is -2.18. The van der Waals surface area contributed by atoms with Crippen molar-refractivity contribution in [1.82, 2.24) is 4.90 Å². The van der Waals surface area contributed by atoms with Gasteiger partial charge in [-0.3, -0.25) is 9.59 Å². The number of aryl methyl sites for hydroxylation is 1. The maximum atomic E-state index is 13.8. The molecule has 7 heteroatoms. The minimum Gasteiger partial charge on any atom is -0.481 e. The number of halogens is 1. The Labute approximate surface area is 210 Å². The highest BCUT2D eigenvalue weighted by atomic mass is 19.1. The summed E-state index contributed by atoms with van der Waals surface area (Å²) in [5, 5.41) is 15.3. The van der Waals surface area contributed by atoms with E-state index in [9.17, 15) is 14.0 Å². The van der Waals surface area contributed by atoms with Crippen molar-refractivity contribution in [1.29, 1.82) is 0 Å². The molecule has 1 aliphatic rings. The minimum atomic E-state index is -0.868. The lowest BCUT2D eigenvalue weighted by atomic mass is 9.97. The highest BCUT2D eigenvalue weighted by Gasteiger charge is 2.29. The van der Waals surface area contributed by atoms with E-state index in [2.05, 4.69) is 41.6 Å². The van der Waals surface area contributed by atoms with Crippen LogP contribution < -0.4 is 10.6 Å². The number of benzene rings is 3. The third-order valence-corrected chi connectivity index (χ3v) is 6.10. The fraction of sp³-hybridized carbons (Fsp3) is 0.241. The Kier molecular flexibility index (Phi) is 7.80. The van der Waals surface area contributed by atoms with Gasteiger partial charge in [0.15, 0.2) is 0 Å². The van der Waals surface area contributed by atoms with Gasteiger partial charge in [0.1, 0.15) is 5.82 Å². The summed E-state index contributed by atoms with van der Waals surface area (Å²) >= 11 is 0. The van der Waals surface area contributed by atoms with Gasteiger partial charge in [0, 0.05) is 24.2 Å².